The van der Waals surface area contributed by atoms with Crippen molar-refractivity contribution in [2.75, 3.05) is 16.4 Å². The van der Waals surface area contributed by atoms with Crippen molar-refractivity contribution >= 4 is 29.1 Å². The summed E-state index contributed by atoms with van der Waals surface area (Å²) < 4.78 is 18.6. The van der Waals surface area contributed by atoms with E-state index < -0.39 is 23.4 Å². The van der Waals surface area contributed by atoms with Gasteiger partial charge in [0, 0.05) is 0 Å². The fourth-order valence-corrected chi connectivity index (χ4v) is 1.87. The average Bonchev–Trinajstić information content (AvgIpc) is 2.48. The third-order valence-corrected chi connectivity index (χ3v) is 2.88. The van der Waals surface area contributed by atoms with Crippen LogP contribution in [0.1, 0.15) is 31.3 Å². The van der Waals surface area contributed by atoms with Gasteiger partial charge in [-0.3, -0.25) is 10.1 Å². The van der Waals surface area contributed by atoms with Crippen molar-refractivity contribution in [2.24, 2.45) is 0 Å². The summed E-state index contributed by atoms with van der Waals surface area (Å²) in [5.41, 5.74) is 5.64. The van der Waals surface area contributed by atoms with Crippen LogP contribution in [0, 0.1) is 5.82 Å². The number of nitrogens with zero attached hydrogens (tertiary/aromatic N) is 1. The van der Waals surface area contributed by atoms with Gasteiger partial charge in [0.15, 0.2) is 0 Å². The summed E-state index contributed by atoms with van der Waals surface area (Å²) >= 11 is 0. The van der Waals surface area contributed by atoms with E-state index >= 15 is 0 Å². The highest BCUT2D eigenvalue weighted by atomic mass is 19.1. The van der Waals surface area contributed by atoms with Gasteiger partial charge in [-0.25, -0.2) is 14.2 Å². The summed E-state index contributed by atoms with van der Waals surface area (Å²) in [6, 6.07) is 6.56. The minimum absolute atomic E-state index is 0.0676. The van der Waals surface area contributed by atoms with Crippen LogP contribution in [-0.2, 0) is 4.74 Å². The van der Waals surface area contributed by atoms with Gasteiger partial charge in [-0.1, -0.05) is 0 Å². The average molecular weight is 346 g/mol. The number of hydrogen-bond donors (Lipinski definition) is 3. The molecule has 1 aromatic heterocycles. The first kappa shape index (κ1) is 18.2. The Balaban J connectivity index is 2.19. The van der Waals surface area contributed by atoms with E-state index in [0.29, 0.717) is 5.69 Å². The zero-order valence-electron chi connectivity index (χ0n) is 14.1. The van der Waals surface area contributed by atoms with Crippen LogP contribution in [0.3, 0.4) is 0 Å². The highest BCUT2D eigenvalue weighted by molar-refractivity contribution is 6.05. The second-order valence-corrected chi connectivity index (χ2v) is 6.25. The summed E-state index contributed by atoms with van der Waals surface area (Å²) in [6.07, 6.45) is 0.582. The van der Waals surface area contributed by atoms with Gasteiger partial charge in [0.1, 0.15) is 17.1 Å². The smallest absolute Gasteiger partial charge is 0.412 e. The Bertz CT molecular complexity index is 785. The lowest BCUT2D eigenvalue weighted by Crippen LogP contribution is -2.27. The van der Waals surface area contributed by atoms with Gasteiger partial charge < -0.3 is 15.8 Å². The van der Waals surface area contributed by atoms with Crippen molar-refractivity contribution in [1.82, 2.24) is 4.98 Å². The van der Waals surface area contributed by atoms with Crippen molar-refractivity contribution < 1.29 is 18.7 Å². The van der Waals surface area contributed by atoms with Crippen LogP contribution in [0.5, 0.6) is 0 Å². The molecule has 0 atom stereocenters. The van der Waals surface area contributed by atoms with Crippen LogP contribution in [0.15, 0.2) is 36.5 Å². The number of hydrogen-bond acceptors (Lipinski definition) is 5. The molecule has 0 aliphatic heterocycles. The molecular weight excluding hydrogens is 327 g/mol. The third-order valence-electron chi connectivity index (χ3n) is 2.88. The Morgan fingerprint density at radius 1 is 1.12 bits per heavy atom. The van der Waals surface area contributed by atoms with Crippen molar-refractivity contribution in [3.05, 3.63) is 48.0 Å². The summed E-state index contributed by atoms with van der Waals surface area (Å²) in [5.74, 6) is -1.10. The van der Waals surface area contributed by atoms with Gasteiger partial charge >= 0.3 is 6.09 Å². The number of nitrogens with two attached hydrogens (primary N) is 1. The quantitative estimate of drug-likeness (QED) is 0.790. The molecule has 1 heterocycles. The second kappa shape index (κ2) is 7.16. The highest BCUT2D eigenvalue weighted by Gasteiger charge is 2.18. The minimum Gasteiger partial charge on any atom is -0.444 e. The molecule has 132 valence electrons. The normalized spacial score (nSPS) is 10.9. The second-order valence-electron chi connectivity index (χ2n) is 6.25. The summed E-state index contributed by atoms with van der Waals surface area (Å²) in [5, 5.41) is 4.98. The van der Waals surface area contributed by atoms with E-state index in [0.717, 1.165) is 12.1 Å². The Morgan fingerprint density at radius 2 is 1.84 bits per heavy atom. The maximum atomic E-state index is 13.5. The molecule has 0 fully saturated rings. The summed E-state index contributed by atoms with van der Waals surface area (Å²) in [7, 11) is 0. The molecule has 25 heavy (non-hydrogen) atoms. The number of carbonyl (C=O) groups excluding carboxylic acids is 2. The fourth-order valence-electron chi connectivity index (χ4n) is 1.87. The van der Waals surface area contributed by atoms with Crippen molar-refractivity contribution in [3.63, 3.8) is 0 Å². The number of nitrogens with one attached hydrogen (secondary N) is 2. The maximum absolute atomic E-state index is 13.5. The third kappa shape index (κ3) is 5.45. The van der Waals surface area contributed by atoms with Crippen LogP contribution in [0.2, 0.25) is 0 Å². The standard InChI is InChI=1S/C17H19FN4O3/c1-17(2,3)25-16(24)22-14-8-10(18)4-6-12(14)21-15(23)13-7-5-11(19)9-20-13/h4-9H,19H2,1-3H3,(H,21,23)(H,22,24). The van der Waals surface area contributed by atoms with Gasteiger partial charge in [0.05, 0.1) is 23.3 Å². The first-order chi connectivity index (χ1) is 11.6. The van der Waals surface area contributed by atoms with Crippen LogP contribution in [-0.4, -0.2) is 22.6 Å². The highest BCUT2D eigenvalue weighted by Crippen LogP contribution is 2.24. The van der Waals surface area contributed by atoms with Crippen molar-refractivity contribution in [3.8, 4) is 0 Å². The molecule has 7 nitrogen and oxygen atoms in total. The molecular formula is C17H19FN4O3. The SMILES string of the molecule is CC(C)(C)OC(=O)Nc1cc(F)ccc1NC(=O)c1ccc(N)cn1. The number of aromatic nitrogens is 1. The molecule has 2 rings (SSSR count). The molecule has 0 saturated heterocycles. The number of anilines is 3. The van der Waals surface area contributed by atoms with Gasteiger partial charge in [-0.2, -0.15) is 0 Å². The predicted octanol–water partition coefficient (Wildman–Crippen LogP) is 3.40. The predicted molar refractivity (Wildman–Crippen MR) is 92.9 cm³/mol. The molecule has 0 unspecified atom stereocenters. The van der Waals surface area contributed by atoms with Crippen LogP contribution < -0.4 is 16.4 Å². The number of nitrogen functional groups attached to an aromatic ring is 1. The lowest BCUT2D eigenvalue weighted by Gasteiger charge is -2.20. The van der Waals surface area contributed by atoms with E-state index in [1.165, 1.54) is 24.4 Å². The maximum Gasteiger partial charge on any atom is 0.412 e. The number of ether oxygens (including phenoxy) is 1. The summed E-state index contributed by atoms with van der Waals surface area (Å²) in [6.45, 7) is 5.11. The van der Waals surface area contributed by atoms with Crippen LogP contribution >= 0.6 is 0 Å². The lowest BCUT2D eigenvalue weighted by molar-refractivity contribution is 0.0635. The Hall–Kier alpha value is -3.16. The number of amides is 2. The summed E-state index contributed by atoms with van der Waals surface area (Å²) in [4.78, 5) is 28.0. The number of benzene rings is 1. The molecule has 0 spiro atoms. The van der Waals surface area contributed by atoms with E-state index in [1.54, 1.807) is 20.8 Å². The molecule has 8 heteroatoms. The van der Waals surface area contributed by atoms with E-state index in [-0.39, 0.29) is 17.1 Å². The zero-order valence-corrected chi connectivity index (χ0v) is 14.1. The van der Waals surface area contributed by atoms with Crippen molar-refractivity contribution in [1.29, 1.82) is 0 Å². The van der Waals surface area contributed by atoms with Crippen molar-refractivity contribution in [2.45, 2.75) is 26.4 Å². The molecule has 0 saturated carbocycles. The zero-order chi connectivity index (χ0) is 18.6. The minimum atomic E-state index is -0.765. The molecule has 4 N–H and O–H groups in total. The Morgan fingerprint density at radius 3 is 2.44 bits per heavy atom. The van der Waals surface area contributed by atoms with Crippen LogP contribution in [0.25, 0.3) is 0 Å². The largest absolute Gasteiger partial charge is 0.444 e. The number of carbonyl (C=O) groups is 2. The Labute approximate surface area is 144 Å². The first-order valence-electron chi connectivity index (χ1n) is 7.46. The molecule has 2 amide bonds. The van der Waals surface area contributed by atoms with Crippen LogP contribution in [0.4, 0.5) is 26.2 Å². The lowest BCUT2D eigenvalue weighted by atomic mass is 10.2. The molecule has 0 aliphatic rings. The van der Waals surface area contributed by atoms with Gasteiger partial charge in [-0.05, 0) is 51.1 Å². The van der Waals surface area contributed by atoms with Gasteiger partial charge in [-0.15, -0.1) is 0 Å². The molecule has 0 bridgehead atoms. The number of pyridine rings is 1. The van der Waals surface area contributed by atoms with E-state index in [1.807, 2.05) is 0 Å². The van der Waals surface area contributed by atoms with Gasteiger partial charge in [0.25, 0.3) is 5.91 Å². The monoisotopic (exact) mass is 346 g/mol. The number of rotatable bonds is 3. The van der Waals surface area contributed by atoms with E-state index in [9.17, 15) is 14.0 Å². The molecule has 0 radical (unpaired) electrons. The molecule has 0 aliphatic carbocycles. The molecule has 1 aromatic carbocycles. The number of halogens is 1. The van der Waals surface area contributed by atoms with E-state index in [4.69, 9.17) is 10.5 Å². The van der Waals surface area contributed by atoms with E-state index in [2.05, 4.69) is 15.6 Å². The Kier molecular flexibility index (Phi) is 5.21. The van der Waals surface area contributed by atoms with Gasteiger partial charge in [0.2, 0.25) is 0 Å². The molecule has 2 aromatic rings. The first-order valence-corrected chi connectivity index (χ1v) is 7.46. The fraction of sp³-hybridized carbons (Fsp3) is 0.235. The topological polar surface area (TPSA) is 106 Å².